The van der Waals surface area contributed by atoms with Gasteiger partial charge < -0.3 is 19.8 Å². The van der Waals surface area contributed by atoms with Crippen LogP contribution >= 0.6 is 0 Å². The van der Waals surface area contributed by atoms with Gasteiger partial charge in [-0.2, -0.15) is 0 Å². The Morgan fingerprint density at radius 3 is 2.24 bits per heavy atom. The van der Waals surface area contributed by atoms with E-state index in [9.17, 15) is 9.18 Å². The van der Waals surface area contributed by atoms with E-state index >= 15 is 0 Å². The number of rotatable bonds is 2. The zero-order chi connectivity index (χ0) is 16.0. The molecular formula is C14H19BFNO4. The molecule has 0 radical (unpaired) electrons. The summed E-state index contributed by atoms with van der Waals surface area (Å²) in [6, 6.07) is 2.39. The van der Waals surface area contributed by atoms with Gasteiger partial charge in [0.25, 0.3) is 0 Å². The Morgan fingerprint density at radius 2 is 1.76 bits per heavy atom. The molecule has 0 aromatic heterocycles. The number of methoxy groups -OCH3 is 1. The van der Waals surface area contributed by atoms with Crippen molar-refractivity contribution in [2.24, 2.45) is 0 Å². The van der Waals surface area contributed by atoms with E-state index in [-0.39, 0.29) is 16.7 Å². The first-order chi connectivity index (χ1) is 9.59. The SMILES string of the molecule is COC(=O)c1cc(B2OC(C)(C)C(C)(C)O2)c(F)cc1N. The normalized spacial score (nSPS) is 19.6. The Hall–Kier alpha value is -1.60. The van der Waals surface area contributed by atoms with Gasteiger partial charge in [0, 0.05) is 11.2 Å². The minimum Gasteiger partial charge on any atom is -0.465 e. The molecule has 7 heteroatoms. The van der Waals surface area contributed by atoms with Crippen molar-refractivity contribution >= 4 is 24.2 Å². The number of anilines is 1. The fourth-order valence-corrected chi connectivity index (χ4v) is 2.04. The van der Waals surface area contributed by atoms with E-state index in [0.29, 0.717) is 0 Å². The molecule has 0 unspecified atom stereocenters. The molecule has 21 heavy (non-hydrogen) atoms. The molecule has 0 amide bonds. The summed E-state index contributed by atoms with van der Waals surface area (Å²) in [6.07, 6.45) is 0. The van der Waals surface area contributed by atoms with Crippen LogP contribution in [0.3, 0.4) is 0 Å². The van der Waals surface area contributed by atoms with E-state index in [1.54, 1.807) is 0 Å². The highest BCUT2D eigenvalue weighted by Crippen LogP contribution is 2.36. The first-order valence-electron chi connectivity index (χ1n) is 6.62. The van der Waals surface area contributed by atoms with Crippen LogP contribution in [-0.4, -0.2) is 31.4 Å². The molecule has 1 saturated heterocycles. The first kappa shape index (κ1) is 15.8. The van der Waals surface area contributed by atoms with Gasteiger partial charge in [0.05, 0.1) is 23.9 Å². The third-order valence-corrected chi connectivity index (χ3v) is 4.08. The Balaban J connectivity index is 2.44. The fourth-order valence-electron chi connectivity index (χ4n) is 2.04. The van der Waals surface area contributed by atoms with Gasteiger partial charge in [0.2, 0.25) is 0 Å². The van der Waals surface area contributed by atoms with Gasteiger partial charge in [-0.15, -0.1) is 0 Å². The standard InChI is InChI=1S/C14H19BFNO4/c1-13(2)14(3,4)21-15(20-13)9-6-8(12(18)19-5)11(17)7-10(9)16/h6-7H,17H2,1-5H3. The molecule has 0 atom stereocenters. The highest BCUT2D eigenvalue weighted by molar-refractivity contribution is 6.62. The lowest BCUT2D eigenvalue weighted by atomic mass is 9.77. The average molecular weight is 295 g/mol. The van der Waals surface area contributed by atoms with Crippen molar-refractivity contribution in [1.29, 1.82) is 0 Å². The molecule has 1 fully saturated rings. The number of benzene rings is 1. The summed E-state index contributed by atoms with van der Waals surface area (Å²) < 4.78 is 30.4. The lowest BCUT2D eigenvalue weighted by molar-refractivity contribution is 0.00578. The maximum absolute atomic E-state index is 14.2. The molecule has 1 aromatic rings. The second kappa shape index (κ2) is 5.00. The number of hydrogen-bond donors (Lipinski definition) is 1. The zero-order valence-electron chi connectivity index (χ0n) is 12.8. The first-order valence-corrected chi connectivity index (χ1v) is 6.62. The van der Waals surface area contributed by atoms with Gasteiger partial charge in [-0.25, -0.2) is 9.18 Å². The highest BCUT2D eigenvalue weighted by Gasteiger charge is 2.52. The number of carbonyl (C=O) groups is 1. The monoisotopic (exact) mass is 295 g/mol. The Labute approximate surface area is 123 Å². The molecule has 5 nitrogen and oxygen atoms in total. The molecule has 0 bridgehead atoms. The van der Waals surface area contributed by atoms with Gasteiger partial charge in [-0.05, 0) is 39.8 Å². The topological polar surface area (TPSA) is 70.8 Å². The molecule has 114 valence electrons. The molecule has 1 aliphatic heterocycles. The summed E-state index contributed by atoms with van der Waals surface area (Å²) >= 11 is 0. The van der Waals surface area contributed by atoms with Gasteiger partial charge in [0.1, 0.15) is 5.82 Å². The van der Waals surface area contributed by atoms with Crippen LogP contribution in [0.15, 0.2) is 12.1 Å². The van der Waals surface area contributed by atoms with Crippen LogP contribution < -0.4 is 11.2 Å². The molecule has 0 spiro atoms. The number of ether oxygens (including phenoxy) is 1. The summed E-state index contributed by atoms with van der Waals surface area (Å²) in [4.78, 5) is 11.7. The molecule has 0 aliphatic carbocycles. The lowest BCUT2D eigenvalue weighted by Crippen LogP contribution is -2.41. The minimum absolute atomic E-state index is 0.0135. The second-order valence-corrected chi connectivity index (χ2v) is 6.04. The largest absolute Gasteiger partial charge is 0.497 e. The average Bonchev–Trinajstić information content (AvgIpc) is 2.57. The summed E-state index contributed by atoms with van der Waals surface area (Å²) in [5.41, 5.74) is 4.68. The third-order valence-electron chi connectivity index (χ3n) is 4.08. The summed E-state index contributed by atoms with van der Waals surface area (Å²) in [6.45, 7) is 7.46. The fraction of sp³-hybridized carbons (Fsp3) is 0.500. The second-order valence-electron chi connectivity index (χ2n) is 6.04. The van der Waals surface area contributed by atoms with Crippen LogP contribution in [0, 0.1) is 5.82 Å². The molecule has 2 N–H and O–H groups in total. The van der Waals surface area contributed by atoms with Crippen LogP contribution in [0.4, 0.5) is 10.1 Å². The third kappa shape index (κ3) is 2.63. The van der Waals surface area contributed by atoms with Crippen LogP contribution in [0.5, 0.6) is 0 Å². The van der Waals surface area contributed by atoms with Crippen LogP contribution in [0.1, 0.15) is 38.1 Å². The van der Waals surface area contributed by atoms with Gasteiger partial charge in [-0.3, -0.25) is 0 Å². The number of nitrogens with two attached hydrogens (primary N) is 1. The van der Waals surface area contributed by atoms with E-state index in [2.05, 4.69) is 4.74 Å². The number of hydrogen-bond acceptors (Lipinski definition) is 5. The lowest BCUT2D eigenvalue weighted by Gasteiger charge is -2.32. The molecule has 1 aliphatic rings. The predicted molar refractivity (Wildman–Crippen MR) is 77.9 cm³/mol. The molecular weight excluding hydrogens is 276 g/mol. The van der Waals surface area contributed by atoms with Crippen LogP contribution in [0.2, 0.25) is 0 Å². The Kier molecular flexibility index (Phi) is 3.76. The quantitative estimate of drug-likeness (QED) is 0.508. The van der Waals surface area contributed by atoms with E-state index in [1.165, 1.54) is 13.2 Å². The van der Waals surface area contributed by atoms with Crippen molar-refractivity contribution in [3.63, 3.8) is 0 Å². The summed E-state index contributed by atoms with van der Waals surface area (Å²) in [5.74, 6) is -1.22. The van der Waals surface area contributed by atoms with E-state index in [4.69, 9.17) is 15.0 Å². The summed E-state index contributed by atoms with van der Waals surface area (Å²) in [7, 11) is 0.332. The number of esters is 1. The minimum atomic E-state index is -0.904. The van der Waals surface area contributed by atoms with Gasteiger partial charge in [-0.1, -0.05) is 0 Å². The van der Waals surface area contributed by atoms with Crippen molar-refractivity contribution in [1.82, 2.24) is 0 Å². The van der Waals surface area contributed by atoms with Crippen molar-refractivity contribution in [2.45, 2.75) is 38.9 Å². The van der Waals surface area contributed by atoms with E-state index in [0.717, 1.165) is 6.07 Å². The van der Waals surface area contributed by atoms with Crippen molar-refractivity contribution in [3.8, 4) is 0 Å². The van der Waals surface area contributed by atoms with Gasteiger partial charge >= 0.3 is 13.1 Å². The van der Waals surface area contributed by atoms with Gasteiger partial charge in [0.15, 0.2) is 0 Å². The van der Waals surface area contributed by atoms with E-state index < -0.39 is 30.1 Å². The Morgan fingerprint density at radius 1 is 1.24 bits per heavy atom. The van der Waals surface area contributed by atoms with Crippen molar-refractivity contribution in [2.75, 3.05) is 12.8 Å². The maximum atomic E-state index is 14.2. The molecule has 0 saturated carbocycles. The summed E-state index contributed by atoms with van der Waals surface area (Å²) in [5, 5.41) is 0. The highest BCUT2D eigenvalue weighted by atomic mass is 19.1. The zero-order valence-corrected chi connectivity index (χ0v) is 12.8. The van der Waals surface area contributed by atoms with Crippen molar-refractivity contribution in [3.05, 3.63) is 23.5 Å². The Bertz CT molecular complexity index is 573. The molecule has 1 heterocycles. The number of carbonyl (C=O) groups excluding carboxylic acids is 1. The smallest absolute Gasteiger partial charge is 0.465 e. The van der Waals surface area contributed by atoms with Crippen molar-refractivity contribution < 1.29 is 23.2 Å². The van der Waals surface area contributed by atoms with Crippen LogP contribution in [0.25, 0.3) is 0 Å². The predicted octanol–water partition coefficient (Wildman–Crippen LogP) is 1.49. The maximum Gasteiger partial charge on any atom is 0.497 e. The number of nitrogen functional groups attached to an aromatic ring is 1. The molecule has 1 aromatic carbocycles. The molecule has 2 rings (SSSR count). The number of halogens is 1. The van der Waals surface area contributed by atoms with Crippen LogP contribution in [-0.2, 0) is 14.0 Å². The van der Waals surface area contributed by atoms with E-state index in [1.807, 2.05) is 27.7 Å².